The van der Waals surface area contributed by atoms with E-state index in [1.165, 1.54) is 23.9 Å². The van der Waals surface area contributed by atoms with Gasteiger partial charge in [-0.2, -0.15) is 0 Å². The van der Waals surface area contributed by atoms with Crippen LogP contribution in [-0.2, 0) is 4.79 Å². The summed E-state index contributed by atoms with van der Waals surface area (Å²) in [6.45, 7) is 0. The Hall–Kier alpha value is -3.13. The number of aliphatic imine (C=N–C) groups is 1. The molecule has 1 aliphatic heterocycles. The Morgan fingerprint density at radius 2 is 1.92 bits per heavy atom. The fraction of sp³-hybridized carbons (Fsp3) is 0.0588. The molecule has 1 heterocycles. The molecule has 0 bridgehead atoms. The van der Waals surface area contributed by atoms with Gasteiger partial charge in [0.25, 0.3) is 11.6 Å². The van der Waals surface area contributed by atoms with Gasteiger partial charge in [-0.15, -0.1) is 0 Å². The maximum atomic E-state index is 12.1. The van der Waals surface area contributed by atoms with E-state index in [4.69, 9.17) is 4.74 Å². The number of carbonyl (C=O) groups is 1. The van der Waals surface area contributed by atoms with Crippen LogP contribution in [0.3, 0.4) is 0 Å². The molecule has 1 N–H and O–H groups in total. The number of nitrogens with one attached hydrogen (secondary N) is 1. The van der Waals surface area contributed by atoms with Crippen LogP contribution in [0.15, 0.2) is 58.4 Å². The number of thioether (sulfide) groups is 1. The fourth-order valence-corrected chi connectivity index (χ4v) is 2.99. The maximum Gasteiger partial charge on any atom is 0.269 e. The lowest BCUT2D eigenvalue weighted by Gasteiger charge is -2.03. The molecule has 3 rings (SSSR count). The number of benzene rings is 2. The van der Waals surface area contributed by atoms with Crippen molar-refractivity contribution in [1.82, 2.24) is 5.32 Å². The number of hydrogen-bond acceptors (Lipinski definition) is 6. The number of ether oxygens (including phenoxy) is 1. The third kappa shape index (κ3) is 3.86. The van der Waals surface area contributed by atoms with Gasteiger partial charge in [0.1, 0.15) is 11.4 Å². The van der Waals surface area contributed by atoms with Gasteiger partial charge in [0, 0.05) is 12.1 Å². The van der Waals surface area contributed by atoms with Crippen molar-refractivity contribution in [3.8, 4) is 5.75 Å². The quantitative estimate of drug-likeness (QED) is 0.515. The van der Waals surface area contributed by atoms with Gasteiger partial charge in [0.2, 0.25) is 0 Å². The minimum Gasteiger partial charge on any atom is -0.494 e. The summed E-state index contributed by atoms with van der Waals surface area (Å²) in [4.78, 5) is 27.2. The first-order valence-electron chi connectivity index (χ1n) is 7.24. The van der Waals surface area contributed by atoms with E-state index in [1.807, 2.05) is 12.1 Å². The molecular weight excluding hydrogens is 342 g/mol. The second-order valence-corrected chi connectivity index (χ2v) is 6.03. The van der Waals surface area contributed by atoms with Crippen LogP contribution in [0.4, 0.5) is 11.4 Å². The van der Waals surface area contributed by atoms with Gasteiger partial charge in [0.05, 0.1) is 16.9 Å². The summed E-state index contributed by atoms with van der Waals surface area (Å²) in [7, 11) is 1.55. The molecular formula is C17H13N3O4S. The van der Waals surface area contributed by atoms with E-state index in [9.17, 15) is 14.9 Å². The first-order valence-corrected chi connectivity index (χ1v) is 8.05. The normalized spacial score (nSPS) is 16.9. The minimum absolute atomic E-state index is 0.00380. The zero-order valence-electron chi connectivity index (χ0n) is 13.1. The lowest BCUT2D eigenvalue weighted by Crippen LogP contribution is -2.19. The first-order chi connectivity index (χ1) is 12.1. The van der Waals surface area contributed by atoms with Crippen LogP contribution in [0.2, 0.25) is 0 Å². The number of nitrogens with zero attached hydrogens (tertiary/aromatic N) is 2. The number of methoxy groups -OCH3 is 1. The summed E-state index contributed by atoms with van der Waals surface area (Å²) in [6.07, 6.45) is 1.66. The lowest BCUT2D eigenvalue weighted by atomic mass is 10.2. The summed E-state index contributed by atoms with van der Waals surface area (Å²) in [5.41, 5.74) is 1.32. The Kier molecular flexibility index (Phi) is 4.80. The van der Waals surface area contributed by atoms with Crippen molar-refractivity contribution < 1.29 is 14.5 Å². The van der Waals surface area contributed by atoms with Crippen molar-refractivity contribution in [3.63, 3.8) is 0 Å². The minimum atomic E-state index is -0.466. The van der Waals surface area contributed by atoms with E-state index in [2.05, 4.69) is 10.3 Å². The monoisotopic (exact) mass is 355 g/mol. The highest BCUT2D eigenvalue weighted by Crippen LogP contribution is 2.32. The van der Waals surface area contributed by atoms with E-state index in [0.717, 1.165) is 0 Å². The highest BCUT2D eigenvalue weighted by Gasteiger charge is 2.24. The van der Waals surface area contributed by atoms with Gasteiger partial charge in [-0.1, -0.05) is 12.1 Å². The zero-order valence-corrected chi connectivity index (χ0v) is 13.9. The molecule has 0 spiro atoms. The molecule has 0 saturated carbocycles. The van der Waals surface area contributed by atoms with Crippen molar-refractivity contribution >= 4 is 40.3 Å². The molecule has 126 valence electrons. The second-order valence-electron chi connectivity index (χ2n) is 5.00. The molecule has 1 saturated heterocycles. The van der Waals surface area contributed by atoms with Crippen LogP contribution < -0.4 is 10.1 Å². The molecule has 0 radical (unpaired) electrons. The van der Waals surface area contributed by atoms with Crippen molar-refractivity contribution in [2.24, 2.45) is 4.99 Å². The van der Waals surface area contributed by atoms with Crippen LogP contribution in [0.1, 0.15) is 5.56 Å². The van der Waals surface area contributed by atoms with Crippen LogP contribution in [0.25, 0.3) is 6.08 Å². The third-order valence-electron chi connectivity index (χ3n) is 3.36. The van der Waals surface area contributed by atoms with E-state index >= 15 is 0 Å². The van der Waals surface area contributed by atoms with Crippen molar-refractivity contribution in [3.05, 3.63) is 69.1 Å². The van der Waals surface area contributed by atoms with Gasteiger partial charge >= 0.3 is 0 Å². The predicted octanol–water partition coefficient (Wildman–Crippen LogP) is 3.50. The molecule has 0 aromatic heterocycles. The van der Waals surface area contributed by atoms with E-state index in [-0.39, 0.29) is 11.6 Å². The largest absolute Gasteiger partial charge is 0.494 e. The van der Waals surface area contributed by atoms with Crippen LogP contribution >= 0.6 is 11.8 Å². The van der Waals surface area contributed by atoms with Crippen LogP contribution in [-0.4, -0.2) is 23.1 Å². The molecule has 25 heavy (non-hydrogen) atoms. The Balaban J connectivity index is 1.82. The maximum absolute atomic E-state index is 12.1. The van der Waals surface area contributed by atoms with E-state index < -0.39 is 4.92 Å². The Bertz CT molecular complexity index is 891. The van der Waals surface area contributed by atoms with Crippen LogP contribution in [0.5, 0.6) is 5.75 Å². The SMILES string of the molecule is COc1ccccc1N=C1NC(=O)C(=Cc2ccc([N+](=O)[O-])cc2)S1. The Morgan fingerprint density at radius 1 is 1.20 bits per heavy atom. The van der Waals surface area contributed by atoms with Gasteiger partial charge in [-0.25, -0.2) is 4.99 Å². The molecule has 0 aliphatic carbocycles. The highest BCUT2D eigenvalue weighted by molar-refractivity contribution is 8.18. The molecule has 8 heteroatoms. The summed E-state index contributed by atoms with van der Waals surface area (Å²) < 4.78 is 5.24. The average Bonchev–Trinajstić information content (AvgIpc) is 2.95. The van der Waals surface area contributed by atoms with Gasteiger partial charge in [-0.3, -0.25) is 14.9 Å². The highest BCUT2D eigenvalue weighted by atomic mass is 32.2. The summed E-state index contributed by atoms with van der Waals surface area (Å²) in [5, 5.41) is 13.8. The fourth-order valence-electron chi connectivity index (χ4n) is 2.16. The number of amidine groups is 1. The molecule has 1 amide bonds. The number of amides is 1. The summed E-state index contributed by atoms with van der Waals surface area (Å²) in [6, 6.07) is 13.2. The first kappa shape index (κ1) is 16.7. The number of hydrogen-bond donors (Lipinski definition) is 1. The van der Waals surface area contributed by atoms with E-state index in [1.54, 1.807) is 37.5 Å². The van der Waals surface area contributed by atoms with Gasteiger partial charge in [0.15, 0.2) is 5.17 Å². The average molecular weight is 355 g/mol. The number of nitro benzene ring substituents is 1. The zero-order chi connectivity index (χ0) is 17.8. The second kappa shape index (κ2) is 7.18. The van der Waals surface area contributed by atoms with Crippen molar-refractivity contribution in [2.45, 2.75) is 0 Å². The van der Waals surface area contributed by atoms with Crippen molar-refractivity contribution in [2.75, 3.05) is 7.11 Å². The number of rotatable bonds is 4. The summed E-state index contributed by atoms with van der Waals surface area (Å²) in [5.74, 6) is 0.342. The Labute approximate surface area is 147 Å². The molecule has 1 aliphatic rings. The van der Waals surface area contributed by atoms with Gasteiger partial charge in [-0.05, 0) is 47.7 Å². The number of carbonyl (C=O) groups excluding carboxylic acids is 1. The standard InChI is InChI=1S/C17H13N3O4S/c1-24-14-5-3-2-4-13(14)18-17-19-16(21)15(25-17)10-11-6-8-12(9-7-11)20(22)23/h2-10H,1H3,(H,18,19,21). The van der Waals surface area contributed by atoms with E-state index in [0.29, 0.717) is 27.1 Å². The lowest BCUT2D eigenvalue weighted by molar-refractivity contribution is -0.384. The molecule has 2 aromatic rings. The van der Waals surface area contributed by atoms with Crippen molar-refractivity contribution in [1.29, 1.82) is 0 Å². The number of non-ortho nitro benzene ring substituents is 1. The third-order valence-corrected chi connectivity index (χ3v) is 4.27. The predicted molar refractivity (Wildman–Crippen MR) is 96.9 cm³/mol. The number of nitro groups is 1. The Morgan fingerprint density at radius 3 is 2.60 bits per heavy atom. The van der Waals surface area contributed by atoms with Crippen LogP contribution in [0, 0.1) is 10.1 Å². The molecule has 1 fully saturated rings. The molecule has 2 aromatic carbocycles. The molecule has 0 unspecified atom stereocenters. The molecule has 7 nitrogen and oxygen atoms in total. The smallest absolute Gasteiger partial charge is 0.269 e. The number of para-hydroxylation sites is 2. The molecule has 0 atom stereocenters. The summed E-state index contributed by atoms with van der Waals surface area (Å²) >= 11 is 1.20. The topological polar surface area (TPSA) is 93.8 Å². The van der Waals surface area contributed by atoms with Gasteiger partial charge < -0.3 is 10.1 Å².